The Labute approximate surface area is 105 Å². The van der Waals surface area contributed by atoms with Gasteiger partial charge < -0.3 is 4.74 Å². The van der Waals surface area contributed by atoms with Crippen LogP contribution in [0.25, 0.3) is 0 Å². The molecule has 0 aliphatic carbocycles. The molecule has 2 N–H and O–H groups in total. The van der Waals surface area contributed by atoms with Gasteiger partial charge >= 0.3 is 6.03 Å². The summed E-state index contributed by atoms with van der Waals surface area (Å²) in [4.78, 5) is 35.5. The number of hydrogen-bond donors (Lipinski definition) is 2. The maximum Gasteiger partial charge on any atom is 0.328 e. The van der Waals surface area contributed by atoms with Crippen LogP contribution in [0.5, 0.6) is 0 Å². The van der Waals surface area contributed by atoms with Crippen LogP contribution in [-0.2, 0) is 14.3 Å². The highest BCUT2D eigenvalue weighted by atomic mass is 16.6. The highest BCUT2D eigenvalue weighted by molar-refractivity contribution is 6.19. The lowest BCUT2D eigenvalue weighted by Gasteiger charge is -2.38. The zero-order valence-corrected chi connectivity index (χ0v) is 10.6. The normalized spacial score (nSPS) is 27.4. The SMILES string of the molecule is CCCC(C)C1(CC2CO2)C(=O)NC(=O)NC1=O. The number of amides is 4. The second-order valence-electron chi connectivity index (χ2n) is 5.06. The Morgan fingerprint density at radius 3 is 2.33 bits per heavy atom. The summed E-state index contributed by atoms with van der Waals surface area (Å²) in [6, 6.07) is -0.735. The van der Waals surface area contributed by atoms with Crippen LogP contribution in [-0.4, -0.2) is 30.6 Å². The summed E-state index contributed by atoms with van der Waals surface area (Å²) < 4.78 is 5.14. The maximum absolute atomic E-state index is 12.2. The average Bonchev–Trinajstić information content (AvgIpc) is 3.07. The first-order valence-corrected chi connectivity index (χ1v) is 6.29. The molecule has 2 rings (SSSR count). The average molecular weight is 254 g/mol. The van der Waals surface area contributed by atoms with Crippen molar-refractivity contribution in [1.29, 1.82) is 0 Å². The molecule has 0 bridgehead atoms. The van der Waals surface area contributed by atoms with E-state index in [0.717, 1.165) is 12.8 Å². The molecule has 2 unspecified atom stereocenters. The van der Waals surface area contributed by atoms with Crippen molar-refractivity contribution in [2.24, 2.45) is 11.3 Å². The van der Waals surface area contributed by atoms with Crippen molar-refractivity contribution in [2.45, 2.75) is 39.2 Å². The fraction of sp³-hybridized carbons (Fsp3) is 0.750. The van der Waals surface area contributed by atoms with Crippen molar-refractivity contribution in [1.82, 2.24) is 10.6 Å². The van der Waals surface area contributed by atoms with E-state index in [1.54, 1.807) is 0 Å². The monoisotopic (exact) mass is 254 g/mol. The van der Waals surface area contributed by atoms with Crippen molar-refractivity contribution in [3.05, 3.63) is 0 Å². The zero-order chi connectivity index (χ0) is 13.3. The molecule has 2 aliphatic rings. The Balaban J connectivity index is 2.29. The van der Waals surface area contributed by atoms with Crippen LogP contribution in [0.4, 0.5) is 4.79 Å². The minimum absolute atomic E-state index is 0.0472. The van der Waals surface area contributed by atoms with Gasteiger partial charge in [0.15, 0.2) is 0 Å². The van der Waals surface area contributed by atoms with Gasteiger partial charge in [-0.25, -0.2) is 4.79 Å². The number of carbonyl (C=O) groups is 3. The highest BCUT2D eigenvalue weighted by Crippen LogP contribution is 2.40. The van der Waals surface area contributed by atoms with Crippen LogP contribution in [0, 0.1) is 11.3 Å². The molecular weight excluding hydrogens is 236 g/mol. The zero-order valence-electron chi connectivity index (χ0n) is 10.6. The van der Waals surface area contributed by atoms with Crippen LogP contribution in [0.2, 0.25) is 0 Å². The number of imide groups is 2. The molecule has 2 fully saturated rings. The largest absolute Gasteiger partial charge is 0.373 e. The van der Waals surface area contributed by atoms with Crippen LogP contribution >= 0.6 is 0 Å². The maximum atomic E-state index is 12.2. The molecule has 6 heteroatoms. The number of epoxide rings is 1. The number of ether oxygens (including phenoxy) is 1. The molecule has 0 aromatic rings. The number of hydrogen-bond acceptors (Lipinski definition) is 4. The van der Waals surface area contributed by atoms with Crippen molar-refractivity contribution in [3.8, 4) is 0 Å². The lowest BCUT2D eigenvalue weighted by Crippen LogP contribution is -2.65. The second kappa shape index (κ2) is 4.68. The Hall–Kier alpha value is -1.43. The predicted molar refractivity (Wildman–Crippen MR) is 62.5 cm³/mol. The van der Waals surface area contributed by atoms with Crippen LogP contribution in [0.3, 0.4) is 0 Å². The summed E-state index contributed by atoms with van der Waals surface area (Å²) in [7, 11) is 0. The van der Waals surface area contributed by atoms with Crippen molar-refractivity contribution in [2.75, 3.05) is 6.61 Å². The van der Waals surface area contributed by atoms with Crippen molar-refractivity contribution in [3.63, 3.8) is 0 Å². The van der Waals surface area contributed by atoms with E-state index in [2.05, 4.69) is 10.6 Å². The van der Waals surface area contributed by atoms with Gasteiger partial charge in [-0.3, -0.25) is 20.2 Å². The topological polar surface area (TPSA) is 87.8 Å². The van der Waals surface area contributed by atoms with E-state index in [-0.39, 0.29) is 12.0 Å². The molecule has 0 spiro atoms. The minimum atomic E-state index is -1.18. The van der Waals surface area contributed by atoms with E-state index in [9.17, 15) is 14.4 Å². The second-order valence-corrected chi connectivity index (χ2v) is 5.06. The lowest BCUT2D eigenvalue weighted by molar-refractivity contribution is -0.149. The molecule has 6 nitrogen and oxygen atoms in total. The number of rotatable bonds is 5. The first-order chi connectivity index (χ1) is 8.50. The summed E-state index contributed by atoms with van der Waals surface area (Å²) in [6.07, 6.45) is 1.93. The Bertz CT molecular complexity index is 370. The fourth-order valence-corrected chi connectivity index (χ4v) is 2.62. The number of carbonyl (C=O) groups excluding carboxylic acids is 3. The molecule has 18 heavy (non-hydrogen) atoms. The minimum Gasteiger partial charge on any atom is -0.373 e. The summed E-state index contributed by atoms with van der Waals surface area (Å²) in [5, 5.41) is 4.42. The van der Waals surface area contributed by atoms with Crippen LogP contribution < -0.4 is 10.6 Å². The molecule has 0 radical (unpaired) electrons. The molecule has 0 aromatic carbocycles. The van der Waals surface area contributed by atoms with E-state index in [1.165, 1.54) is 0 Å². The molecular formula is C12H18N2O4. The van der Waals surface area contributed by atoms with Gasteiger partial charge in [0.05, 0.1) is 12.7 Å². The van der Waals surface area contributed by atoms with Crippen LogP contribution in [0.15, 0.2) is 0 Å². The Kier molecular flexibility index (Phi) is 3.38. The quantitative estimate of drug-likeness (QED) is 0.554. The predicted octanol–water partition coefficient (Wildman–Crippen LogP) is 0.564. The third-order valence-corrected chi connectivity index (χ3v) is 3.78. The van der Waals surface area contributed by atoms with E-state index in [0.29, 0.717) is 13.0 Å². The van der Waals surface area contributed by atoms with E-state index >= 15 is 0 Å². The molecule has 100 valence electrons. The van der Waals surface area contributed by atoms with Gasteiger partial charge in [0.25, 0.3) is 0 Å². The number of urea groups is 1. The Morgan fingerprint density at radius 1 is 1.33 bits per heavy atom. The number of nitrogens with one attached hydrogen (secondary N) is 2. The van der Waals surface area contributed by atoms with Crippen LogP contribution in [0.1, 0.15) is 33.1 Å². The van der Waals surface area contributed by atoms with Crippen molar-refractivity contribution >= 4 is 17.8 Å². The van der Waals surface area contributed by atoms with Gasteiger partial charge in [-0.05, 0) is 18.8 Å². The van der Waals surface area contributed by atoms with Gasteiger partial charge in [-0.1, -0.05) is 20.3 Å². The third kappa shape index (κ3) is 2.12. The molecule has 2 atom stereocenters. The molecule has 4 amide bonds. The highest BCUT2D eigenvalue weighted by Gasteiger charge is 2.56. The van der Waals surface area contributed by atoms with Gasteiger partial charge in [-0.2, -0.15) is 0 Å². The molecule has 2 aliphatic heterocycles. The van der Waals surface area contributed by atoms with E-state index in [4.69, 9.17) is 4.74 Å². The summed E-state index contributed by atoms with van der Waals surface area (Å²) in [5.41, 5.74) is -1.18. The molecule has 0 saturated carbocycles. The molecule has 0 aromatic heterocycles. The molecule has 2 saturated heterocycles. The van der Waals surface area contributed by atoms with E-state index in [1.807, 2.05) is 13.8 Å². The van der Waals surface area contributed by atoms with E-state index < -0.39 is 23.3 Å². The van der Waals surface area contributed by atoms with Gasteiger partial charge in [-0.15, -0.1) is 0 Å². The first-order valence-electron chi connectivity index (χ1n) is 6.29. The standard InChI is InChI=1S/C12H18N2O4/c1-3-4-7(2)12(5-8-6-18-8)9(15)13-11(17)14-10(12)16/h7-8H,3-6H2,1-2H3,(H2,13,14,15,16,17). The lowest BCUT2D eigenvalue weighted by atomic mass is 9.69. The van der Waals surface area contributed by atoms with Crippen molar-refractivity contribution < 1.29 is 19.1 Å². The van der Waals surface area contributed by atoms with Gasteiger partial charge in [0, 0.05) is 0 Å². The third-order valence-electron chi connectivity index (χ3n) is 3.78. The summed E-state index contributed by atoms with van der Waals surface area (Å²) in [6.45, 7) is 4.46. The van der Waals surface area contributed by atoms with Gasteiger partial charge in [0.2, 0.25) is 11.8 Å². The van der Waals surface area contributed by atoms with Gasteiger partial charge in [0.1, 0.15) is 5.41 Å². The fourth-order valence-electron chi connectivity index (χ4n) is 2.62. The molecule has 2 heterocycles. The smallest absolute Gasteiger partial charge is 0.328 e. The number of barbiturate groups is 1. The summed E-state index contributed by atoms with van der Waals surface area (Å²) >= 11 is 0. The first kappa shape index (κ1) is 13.0. The Morgan fingerprint density at radius 2 is 1.89 bits per heavy atom. The summed E-state index contributed by atoms with van der Waals surface area (Å²) in [5.74, 6) is -1.11.